The monoisotopic (exact) mass is 233 g/mol. The SMILES string of the molecule is Cc1ncc([N+](=O)[O-])n1CCO.O=C(O)O. The topological polar surface area (TPSA) is 139 Å². The number of hydrogen-bond donors (Lipinski definition) is 3. The number of aromatic nitrogens is 2. The molecule has 0 aromatic carbocycles. The first kappa shape index (κ1) is 13.8. The molecule has 16 heavy (non-hydrogen) atoms. The van der Waals surface area contributed by atoms with E-state index in [4.69, 9.17) is 20.1 Å². The second-order valence-corrected chi connectivity index (χ2v) is 2.58. The molecular weight excluding hydrogens is 222 g/mol. The van der Waals surface area contributed by atoms with E-state index in [-0.39, 0.29) is 19.0 Å². The van der Waals surface area contributed by atoms with Crippen molar-refractivity contribution < 1.29 is 25.0 Å². The molecule has 0 bridgehead atoms. The number of nitro groups is 1. The summed E-state index contributed by atoms with van der Waals surface area (Å²) >= 11 is 0. The molecule has 90 valence electrons. The molecule has 9 nitrogen and oxygen atoms in total. The zero-order valence-corrected chi connectivity index (χ0v) is 8.40. The van der Waals surface area contributed by atoms with Crippen molar-refractivity contribution in [3.05, 3.63) is 22.1 Å². The first-order chi connectivity index (χ1) is 7.40. The third-order valence-electron chi connectivity index (χ3n) is 1.54. The molecule has 3 N–H and O–H groups in total. The van der Waals surface area contributed by atoms with Crippen molar-refractivity contribution in [1.29, 1.82) is 0 Å². The molecule has 0 radical (unpaired) electrons. The first-order valence-electron chi connectivity index (χ1n) is 4.09. The fourth-order valence-electron chi connectivity index (χ4n) is 0.978. The summed E-state index contributed by atoms with van der Waals surface area (Å²) in [5, 5.41) is 32.9. The van der Waals surface area contributed by atoms with Gasteiger partial charge >= 0.3 is 12.0 Å². The van der Waals surface area contributed by atoms with Gasteiger partial charge in [0.05, 0.1) is 6.61 Å². The smallest absolute Gasteiger partial charge is 0.450 e. The van der Waals surface area contributed by atoms with E-state index in [2.05, 4.69) is 4.98 Å². The molecule has 0 amide bonds. The zero-order chi connectivity index (χ0) is 12.7. The minimum atomic E-state index is -1.83. The van der Waals surface area contributed by atoms with Crippen molar-refractivity contribution in [3.8, 4) is 0 Å². The predicted molar refractivity (Wildman–Crippen MR) is 51.4 cm³/mol. The lowest BCUT2D eigenvalue weighted by Crippen LogP contribution is -2.07. The van der Waals surface area contributed by atoms with Gasteiger partial charge in [0, 0.05) is 6.92 Å². The van der Waals surface area contributed by atoms with Crippen molar-refractivity contribution in [2.24, 2.45) is 0 Å². The summed E-state index contributed by atoms with van der Waals surface area (Å²) in [4.78, 5) is 22.2. The van der Waals surface area contributed by atoms with Gasteiger partial charge in [0.15, 0.2) is 5.82 Å². The number of carbonyl (C=O) groups is 1. The number of aryl methyl sites for hydroxylation is 1. The molecule has 1 aromatic heterocycles. The first-order valence-corrected chi connectivity index (χ1v) is 4.09. The van der Waals surface area contributed by atoms with Crippen LogP contribution in [0.5, 0.6) is 0 Å². The lowest BCUT2D eigenvalue weighted by atomic mass is 10.6. The lowest BCUT2D eigenvalue weighted by Gasteiger charge is -1.98. The number of nitrogens with zero attached hydrogens (tertiary/aromatic N) is 3. The molecule has 1 aromatic rings. The van der Waals surface area contributed by atoms with Crippen LogP contribution in [-0.2, 0) is 6.54 Å². The number of hydrogen-bond acceptors (Lipinski definition) is 5. The van der Waals surface area contributed by atoms with Crippen LogP contribution in [0, 0.1) is 17.0 Å². The summed E-state index contributed by atoms with van der Waals surface area (Å²) < 4.78 is 1.36. The zero-order valence-electron chi connectivity index (χ0n) is 8.40. The fourth-order valence-corrected chi connectivity index (χ4v) is 0.978. The molecular formula is C7H11N3O6. The quantitative estimate of drug-likeness (QED) is 0.504. The summed E-state index contributed by atoms with van der Waals surface area (Å²) in [6.45, 7) is 1.74. The maximum atomic E-state index is 10.4. The summed E-state index contributed by atoms with van der Waals surface area (Å²) in [7, 11) is 0. The Hall–Kier alpha value is -2.16. The second kappa shape index (κ2) is 6.35. The molecule has 0 aliphatic heterocycles. The maximum Gasteiger partial charge on any atom is 0.503 e. The van der Waals surface area contributed by atoms with Gasteiger partial charge < -0.3 is 25.4 Å². The minimum absolute atomic E-state index is 0.0819. The van der Waals surface area contributed by atoms with E-state index in [1.54, 1.807) is 6.92 Å². The Kier molecular flexibility index (Phi) is 5.49. The maximum absolute atomic E-state index is 10.4. The minimum Gasteiger partial charge on any atom is -0.450 e. The largest absolute Gasteiger partial charge is 0.503 e. The third-order valence-corrected chi connectivity index (χ3v) is 1.54. The molecule has 1 heterocycles. The normalized spacial score (nSPS) is 9.12. The highest BCUT2D eigenvalue weighted by Crippen LogP contribution is 2.12. The van der Waals surface area contributed by atoms with Crippen molar-refractivity contribution >= 4 is 12.0 Å². The Bertz CT molecular complexity index is 370. The average Bonchev–Trinajstić information content (AvgIpc) is 2.48. The molecule has 0 atom stereocenters. The number of aliphatic hydroxyl groups is 1. The van der Waals surface area contributed by atoms with Crippen LogP contribution in [0.25, 0.3) is 0 Å². The van der Waals surface area contributed by atoms with E-state index >= 15 is 0 Å². The van der Waals surface area contributed by atoms with Crippen LogP contribution in [0.1, 0.15) is 5.82 Å². The highest BCUT2D eigenvalue weighted by molar-refractivity contribution is 5.53. The summed E-state index contributed by atoms with van der Waals surface area (Å²) in [6.07, 6.45) is -0.648. The van der Waals surface area contributed by atoms with E-state index in [1.807, 2.05) is 0 Å². The van der Waals surface area contributed by atoms with Crippen LogP contribution in [0.4, 0.5) is 10.6 Å². The second-order valence-electron chi connectivity index (χ2n) is 2.58. The van der Waals surface area contributed by atoms with E-state index in [9.17, 15) is 10.1 Å². The number of imidazole rings is 1. The summed E-state index contributed by atoms with van der Waals surface area (Å²) in [6, 6.07) is 0. The third kappa shape index (κ3) is 4.37. The van der Waals surface area contributed by atoms with Crippen LogP contribution >= 0.6 is 0 Å². The van der Waals surface area contributed by atoms with Gasteiger partial charge in [-0.25, -0.2) is 14.3 Å². The van der Waals surface area contributed by atoms with E-state index in [0.717, 1.165) is 0 Å². The van der Waals surface area contributed by atoms with E-state index in [0.29, 0.717) is 5.82 Å². The Morgan fingerprint density at radius 1 is 1.62 bits per heavy atom. The van der Waals surface area contributed by atoms with Crippen LogP contribution in [0.15, 0.2) is 6.20 Å². The molecule has 0 aliphatic rings. The molecule has 0 saturated heterocycles. The molecule has 0 aliphatic carbocycles. The number of carboxylic acid groups (broad SMARTS) is 2. The molecule has 1 rings (SSSR count). The van der Waals surface area contributed by atoms with Gasteiger partial charge in [0.1, 0.15) is 12.7 Å². The summed E-state index contributed by atoms with van der Waals surface area (Å²) in [5.74, 6) is 0.456. The molecule has 0 fully saturated rings. The van der Waals surface area contributed by atoms with Gasteiger partial charge in [-0.3, -0.25) is 0 Å². The molecule has 9 heteroatoms. The molecule has 0 saturated carbocycles. The van der Waals surface area contributed by atoms with Gasteiger partial charge in [-0.2, -0.15) is 0 Å². The van der Waals surface area contributed by atoms with E-state index in [1.165, 1.54) is 10.8 Å². The fraction of sp³-hybridized carbons (Fsp3) is 0.429. The number of rotatable bonds is 3. The van der Waals surface area contributed by atoms with Crippen molar-refractivity contribution in [2.75, 3.05) is 6.61 Å². The van der Waals surface area contributed by atoms with Gasteiger partial charge in [0.25, 0.3) is 0 Å². The van der Waals surface area contributed by atoms with Crippen LogP contribution in [-0.4, -0.2) is 42.6 Å². The lowest BCUT2D eigenvalue weighted by molar-refractivity contribution is -0.392. The van der Waals surface area contributed by atoms with Crippen molar-refractivity contribution in [3.63, 3.8) is 0 Å². The van der Waals surface area contributed by atoms with Gasteiger partial charge in [-0.1, -0.05) is 0 Å². The molecule has 0 unspecified atom stereocenters. The molecule has 0 spiro atoms. The Morgan fingerprint density at radius 2 is 2.12 bits per heavy atom. The van der Waals surface area contributed by atoms with E-state index < -0.39 is 11.1 Å². The average molecular weight is 233 g/mol. The van der Waals surface area contributed by atoms with Gasteiger partial charge in [0.2, 0.25) is 0 Å². The van der Waals surface area contributed by atoms with Crippen molar-refractivity contribution in [1.82, 2.24) is 9.55 Å². The van der Waals surface area contributed by atoms with Gasteiger partial charge in [-0.15, -0.1) is 0 Å². The highest BCUT2D eigenvalue weighted by Gasteiger charge is 2.15. The standard InChI is InChI=1S/C6H9N3O3.CH2O3/c1-5-7-4-6(9(11)12)8(5)2-3-10;2-1(3)4/h4,10H,2-3H2,1H3;(H2,2,3,4). The number of aliphatic hydroxyl groups excluding tert-OH is 1. The van der Waals surface area contributed by atoms with Gasteiger partial charge in [-0.05, 0) is 4.92 Å². The van der Waals surface area contributed by atoms with Crippen LogP contribution < -0.4 is 0 Å². The Morgan fingerprint density at radius 3 is 2.50 bits per heavy atom. The van der Waals surface area contributed by atoms with Crippen LogP contribution in [0.2, 0.25) is 0 Å². The summed E-state index contributed by atoms with van der Waals surface area (Å²) in [5.41, 5.74) is 0. The Labute approximate surface area is 89.7 Å². The predicted octanol–water partition coefficient (Wildman–Crippen LogP) is 0.314. The van der Waals surface area contributed by atoms with Crippen molar-refractivity contribution in [2.45, 2.75) is 13.5 Å². The Balaban J connectivity index is 0.000000487. The highest BCUT2D eigenvalue weighted by atomic mass is 16.6. The van der Waals surface area contributed by atoms with Crippen LogP contribution in [0.3, 0.4) is 0 Å².